The van der Waals surface area contributed by atoms with Gasteiger partial charge in [-0.3, -0.25) is 4.90 Å². The lowest BCUT2D eigenvalue weighted by Gasteiger charge is -2.35. The number of halogens is 2. The van der Waals surface area contributed by atoms with Crippen molar-refractivity contribution in [3.05, 3.63) is 71.8 Å². The van der Waals surface area contributed by atoms with Crippen LogP contribution in [-0.4, -0.2) is 77.4 Å². The van der Waals surface area contributed by atoms with Crippen LogP contribution in [0.2, 0.25) is 0 Å². The largest absolute Gasteiger partial charge is 0.387 e. The van der Waals surface area contributed by atoms with Crippen molar-refractivity contribution in [2.45, 2.75) is 38.1 Å². The van der Waals surface area contributed by atoms with Crippen molar-refractivity contribution >= 4 is 31.9 Å². The smallest absolute Gasteiger partial charge is 0.0942 e. The van der Waals surface area contributed by atoms with Crippen molar-refractivity contribution in [1.82, 2.24) is 4.90 Å². The Morgan fingerprint density at radius 1 is 0.853 bits per heavy atom. The van der Waals surface area contributed by atoms with Crippen molar-refractivity contribution in [2.24, 2.45) is 5.73 Å². The van der Waals surface area contributed by atoms with E-state index in [4.69, 9.17) is 15.2 Å². The third-order valence-electron chi connectivity index (χ3n) is 5.30. The molecule has 6 nitrogen and oxygen atoms in total. The van der Waals surface area contributed by atoms with Crippen LogP contribution in [0, 0.1) is 0 Å². The Labute approximate surface area is 221 Å². The number of aliphatic hydroxyl groups excluding tert-OH is 2. The van der Waals surface area contributed by atoms with E-state index in [1.165, 1.54) is 0 Å². The molecular formula is C26H40Br2N2O4. The third-order valence-corrected chi connectivity index (χ3v) is 5.95. The van der Waals surface area contributed by atoms with E-state index in [9.17, 15) is 10.2 Å². The van der Waals surface area contributed by atoms with Crippen molar-refractivity contribution in [3.8, 4) is 0 Å². The number of alkyl halides is 2. The summed E-state index contributed by atoms with van der Waals surface area (Å²) in [7, 11) is 0. The zero-order chi connectivity index (χ0) is 25.2. The lowest BCUT2D eigenvalue weighted by Crippen LogP contribution is -2.44. The predicted molar refractivity (Wildman–Crippen MR) is 147 cm³/mol. The molecule has 8 heteroatoms. The molecule has 0 aromatic heterocycles. The van der Waals surface area contributed by atoms with Crippen LogP contribution in [0.5, 0.6) is 0 Å². The lowest BCUT2D eigenvalue weighted by molar-refractivity contribution is -0.0166. The lowest BCUT2D eigenvalue weighted by atomic mass is 10.0. The molecule has 0 saturated carbocycles. The van der Waals surface area contributed by atoms with Gasteiger partial charge in [-0.2, -0.15) is 0 Å². The molecule has 2 aromatic carbocycles. The van der Waals surface area contributed by atoms with Crippen LogP contribution in [0.1, 0.15) is 37.2 Å². The molecule has 0 radical (unpaired) electrons. The Balaban J connectivity index is 0.000000280. The Kier molecular flexibility index (Phi) is 17.8. The fourth-order valence-corrected chi connectivity index (χ4v) is 3.74. The second-order valence-corrected chi connectivity index (χ2v) is 9.54. The first kappa shape index (κ1) is 31.2. The number of aliphatic hydroxyl groups is 2. The van der Waals surface area contributed by atoms with Gasteiger partial charge in [0.25, 0.3) is 0 Å². The quantitative estimate of drug-likeness (QED) is 0.293. The van der Waals surface area contributed by atoms with Gasteiger partial charge >= 0.3 is 0 Å². The highest BCUT2D eigenvalue weighted by molar-refractivity contribution is 9.09. The molecule has 0 spiro atoms. The molecule has 2 aromatic rings. The predicted octanol–water partition coefficient (Wildman–Crippen LogP) is 4.30. The van der Waals surface area contributed by atoms with Crippen molar-refractivity contribution in [1.29, 1.82) is 0 Å². The summed E-state index contributed by atoms with van der Waals surface area (Å²) in [5.41, 5.74) is 7.38. The second kappa shape index (κ2) is 19.4. The molecule has 1 fully saturated rings. The molecule has 0 bridgehead atoms. The molecule has 0 amide bonds. The van der Waals surface area contributed by atoms with Crippen molar-refractivity contribution in [3.63, 3.8) is 0 Å². The molecule has 1 saturated heterocycles. The number of ether oxygens (including phenoxy) is 2. The summed E-state index contributed by atoms with van der Waals surface area (Å²) in [4.78, 5) is 2.28. The highest BCUT2D eigenvalue weighted by Gasteiger charge is 2.24. The Morgan fingerprint density at radius 3 is 1.71 bits per heavy atom. The molecule has 0 unspecified atom stereocenters. The summed E-state index contributed by atoms with van der Waals surface area (Å²) in [5.74, 6) is 0. The van der Waals surface area contributed by atoms with Crippen LogP contribution >= 0.6 is 31.9 Å². The van der Waals surface area contributed by atoms with Crippen LogP contribution in [0.4, 0.5) is 0 Å². The molecule has 1 heterocycles. The minimum absolute atomic E-state index is 0.145. The fraction of sp³-hybridized carbons (Fsp3) is 0.538. The van der Waals surface area contributed by atoms with E-state index >= 15 is 0 Å². The van der Waals surface area contributed by atoms with Gasteiger partial charge in [-0.15, -0.1) is 0 Å². The van der Waals surface area contributed by atoms with Gasteiger partial charge < -0.3 is 25.4 Å². The molecule has 1 aliphatic rings. The van der Waals surface area contributed by atoms with E-state index in [2.05, 4.69) is 43.7 Å². The number of nitrogens with zero attached hydrogens (tertiary/aromatic N) is 1. The number of rotatable bonds is 9. The van der Waals surface area contributed by atoms with Crippen LogP contribution < -0.4 is 5.73 Å². The van der Waals surface area contributed by atoms with E-state index in [1.54, 1.807) is 6.92 Å². The standard InChI is InChI=1S/C13H19NO2.C9H13NO.C4H8Br2O/c1-11(14-7-9-16-10-8-14)13(15)12-5-3-2-4-6-12;1-7(10)9(11)8-5-3-2-4-6-8;5-1-3-7-4-2-6/h2-6,11,13,15H,7-10H2,1H3;2-7,9,11H,10H2,1H3;1-4H2/t11-,13-;7-,9-;/m11./s1. The molecule has 1 aliphatic heterocycles. The number of nitrogens with two attached hydrogens (primary N) is 1. The van der Waals surface area contributed by atoms with Gasteiger partial charge in [-0.1, -0.05) is 92.5 Å². The highest BCUT2D eigenvalue weighted by atomic mass is 79.9. The third kappa shape index (κ3) is 12.7. The van der Waals surface area contributed by atoms with E-state index in [0.29, 0.717) is 0 Å². The highest BCUT2D eigenvalue weighted by Crippen LogP contribution is 2.21. The second-order valence-electron chi connectivity index (χ2n) is 7.95. The Hall–Kier alpha value is -0.840. The zero-order valence-corrected chi connectivity index (χ0v) is 23.4. The number of hydrogen-bond donors (Lipinski definition) is 3. The Bertz CT molecular complexity index is 715. The summed E-state index contributed by atoms with van der Waals surface area (Å²) in [5, 5.41) is 21.6. The van der Waals surface area contributed by atoms with Crippen LogP contribution in [0.15, 0.2) is 60.7 Å². The summed E-state index contributed by atoms with van der Waals surface area (Å²) in [6.07, 6.45) is -0.963. The van der Waals surface area contributed by atoms with Crippen molar-refractivity contribution in [2.75, 3.05) is 50.2 Å². The van der Waals surface area contributed by atoms with Gasteiger partial charge in [0.15, 0.2) is 0 Å². The summed E-state index contributed by atoms with van der Waals surface area (Å²) < 4.78 is 10.4. The van der Waals surface area contributed by atoms with E-state index in [1.807, 2.05) is 60.7 Å². The number of hydrogen-bond acceptors (Lipinski definition) is 6. The van der Waals surface area contributed by atoms with Crippen LogP contribution in [0.3, 0.4) is 0 Å². The first-order chi connectivity index (χ1) is 16.4. The molecule has 0 aliphatic carbocycles. The van der Waals surface area contributed by atoms with Gasteiger partial charge in [-0.25, -0.2) is 0 Å². The normalized spacial score (nSPS) is 17.3. The number of morpholine rings is 1. The fourth-order valence-electron chi connectivity index (χ4n) is 3.28. The molecule has 34 heavy (non-hydrogen) atoms. The molecule has 4 N–H and O–H groups in total. The summed E-state index contributed by atoms with van der Waals surface area (Å²) in [6.45, 7) is 8.84. The first-order valence-electron chi connectivity index (χ1n) is 11.6. The number of benzene rings is 2. The summed E-state index contributed by atoms with van der Waals surface area (Å²) >= 11 is 6.48. The average Bonchev–Trinajstić information content (AvgIpc) is 2.90. The monoisotopic (exact) mass is 602 g/mol. The summed E-state index contributed by atoms with van der Waals surface area (Å²) in [6, 6.07) is 19.2. The maximum atomic E-state index is 10.3. The van der Waals surface area contributed by atoms with Crippen LogP contribution in [-0.2, 0) is 9.47 Å². The van der Waals surface area contributed by atoms with Crippen LogP contribution in [0.25, 0.3) is 0 Å². The van der Waals surface area contributed by atoms with Gasteiger partial charge in [0, 0.05) is 35.8 Å². The van der Waals surface area contributed by atoms with E-state index < -0.39 is 12.2 Å². The Morgan fingerprint density at radius 2 is 1.29 bits per heavy atom. The topological polar surface area (TPSA) is 88.2 Å². The maximum Gasteiger partial charge on any atom is 0.0942 e. The van der Waals surface area contributed by atoms with Gasteiger partial charge in [-0.05, 0) is 25.0 Å². The minimum atomic E-state index is -0.545. The maximum absolute atomic E-state index is 10.3. The zero-order valence-electron chi connectivity index (χ0n) is 20.2. The first-order valence-corrected chi connectivity index (χ1v) is 13.9. The van der Waals surface area contributed by atoms with Gasteiger partial charge in [0.05, 0.1) is 38.6 Å². The molecule has 192 valence electrons. The van der Waals surface area contributed by atoms with E-state index in [0.717, 1.165) is 61.3 Å². The molecular weight excluding hydrogens is 564 g/mol. The minimum Gasteiger partial charge on any atom is -0.387 e. The van der Waals surface area contributed by atoms with Crippen molar-refractivity contribution < 1.29 is 19.7 Å². The average molecular weight is 604 g/mol. The molecule has 3 rings (SSSR count). The van der Waals surface area contributed by atoms with E-state index in [-0.39, 0.29) is 12.1 Å². The van der Waals surface area contributed by atoms with Gasteiger partial charge in [0.1, 0.15) is 0 Å². The van der Waals surface area contributed by atoms with Gasteiger partial charge in [0.2, 0.25) is 0 Å². The SMILES string of the molecule is BrCCOCCBr.C[C@@H](N)[C@@H](O)c1ccccc1.C[C@H]([C@@H](O)c1ccccc1)N1CCOCC1. The molecule has 4 atom stereocenters.